The van der Waals surface area contributed by atoms with Gasteiger partial charge in [0.2, 0.25) is 0 Å². The summed E-state index contributed by atoms with van der Waals surface area (Å²) >= 11 is 0. The Bertz CT molecular complexity index is 290. The lowest BCUT2D eigenvalue weighted by atomic mass is 10.0. The predicted octanol–water partition coefficient (Wildman–Crippen LogP) is 1.52. The van der Waals surface area contributed by atoms with E-state index in [0.29, 0.717) is 6.04 Å². The van der Waals surface area contributed by atoms with Crippen LogP contribution in [0.25, 0.3) is 0 Å². The van der Waals surface area contributed by atoms with Crippen LogP contribution in [0, 0.1) is 0 Å². The normalized spacial score (nSPS) is 24.3. The van der Waals surface area contributed by atoms with E-state index in [-0.39, 0.29) is 19.2 Å². The van der Waals surface area contributed by atoms with Crippen LogP contribution in [0.1, 0.15) is 32.6 Å². The fraction of sp³-hybridized carbons (Fsp3) is 1.00. The van der Waals surface area contributed by atoms with Gasteiger partial charge in [-0.1, -0.05) is 0 Å². The van der Waals surface area contributed by atoms with Crippen molar-refractivity contribution >= 4 is 0 Å². The Morgan fingerprint density at radius 1 is 1.17 bits per heavy atom. The molecular formula is C12H21F3N2O. The number of hydrogen-bond donors (Lipinski definition) is 2. The van der Waals surface area contributed by atoms with Gasteiger partial charge in [0.1, 0.15) is 0 Å². The lowest BCUT2D eigenvalue weighted by Gasteiger charge is -2.35. The molecule has 106 valence electrons. The van der Waals surface area contributed by atoms with E-state index in [4.69, 9.17) is 0 Å². The molecule has 0 radical (unpaired) electrons. The van der Waals surface area contributed by atoms with Gasteiger partial charge in [-0.05, 0) is 32.6 Å². The Morgan fingerprint density at radius 3 is 2.17 bits per heavy atom. The number of halogens is 3. The Kier molecular flexibility index (Phi) is 3.90. The van der Waals surface area contributed by atoms with Crippen LogP contribution in [-0.4, -0.2) is 53.5 Å². The minimum atomic E-state index is -4.17. The molecule has 1 unspecified atom stereocenters. The van der Waals surface area contributed by atoms with Crippen LogP contribution in [0.2, 0.25) is 0 Å². The van der Waals surface area contributed by atoms with Gasteiger partial charge in [0.05, 0.1) is 18.7 Å². The summed E-state index contributed by atoms with van der Waals surface area (Å²) in [6.07, 6.45) is -0.392. The lowest BCUT2D eigenvalue weighted by molar-refractivity contribution is -0.149. The first-order chi connectivity index (χ1) is 8.31. The van der Waals surface area contributed by atoms with Crippen LogP contribution in [0.3, 0.4) is 0 Å². The Morgan fingerprint density at radius 2 is 1.78 bits per heavy atom. The largest absolute Gasteiger partial charge is 0.401 e. The van der Waals surface area contributed by atoms with Crippen molar-refractivity contribution in [2.75, 3.05) is 19.7 Å². The summed E-state index contributed by atoms with van der Waals surface area (Å²) in [5.74, 6) is 0. The van der Waals surface area contributed by atoms with Crippen LogP contribution < -0.4 is 5.32 Å². The molecule has 0 aliphatic heterocycles. The lowest BCUT2D eigenvalue weighted by Crippen LogP contribution is -2.56. The van der Waals surface area contributed by atoms with Crippen molar-refractivity contribution in [2.24, 2.45) is 0 Å². The van der Waals surface area contributed by atoms with Gasteiger partial charge in [-0.2, -0.15) is 13.2 Å². The SMILES string of the molecule is CC(CO)(CN(CC(F)(F)F)C1CC1)NC1CC1. The number of aliphatic hydroxyl groups excluding tert-OH is 1. The molecule has 18 heavy (non-hydrogen) atoms. The van der Waals surface area contributed by atoms with Gasteiger partial charge in [0.25, 0.3) is 0 Å². The highest BCUT2D eigenvalue weighted by Crippen LogP contribution is 2.32. The topological polar surface area (TPSA) is 35.5 Å². The highest BCUT2D eigenvalue weighted by atomic mass is 19.4. The maximum atomic E-state index is 12.5. The summed E-state index contributed by atoms with van der Waals surface area (Å²) in [7, 11) is 0. The fourth-order valence-electron chi connectivity index (χ4n) is 2.29. The third-order valence-electron chi connectivity index (χ3n) is 3.48. The molecule has 2 saturated carbocycles. The molecule has 3 nitrogen and oxygen atoms in total. The van der Waals surface area contributed by atoms with Gasteiger partial charge in [0.15, 0.2) is 0 Å². The molecule has 2 N–H and O–H groups in total. The average molecular weight is 266 g/mol. The molecule has 2 aliphatic rings. The maximum Gasteiger partial charge on any atom is 0.401 e. The quantitative estimate of drug-likeness (QED) is 0.733. The molecule has 0 aromatic heterocycles. The van der Waals surface area contributed by atoms with Gasteiger partial charge in [-0.25, -0.2) is 0 Å². The third kappa shape index (κ3) is 4.40. The third-order valence-corrected chi connectivity index (χ3v) is 3.48. The van der Waals surface area contributed by atoms with Gasteiger partial charge in [0, 0.05) is 18.6 Å². The molecule has 1 atom stereocenters. The zero-order valence-corrected chi connectivity index (χ0v) is 10.6. The van der Waals surface area contributed by atoms with Crippen molar-refractivity contribution in [3.8, 4) is 0 Å². The molecule has 0 saturated heterocycles. The zero-order chi connectivity index (χ0) is 13.4. The van der Waals surface area contributed by atoms with Gasteiger partial charge >= 0.3 is 6.18 Å². The van der Waals surface area contributed by atoms with Crippen LogP contribution in [0.15, 0.2) is 0 Å². The zero-order valence-electron chi connectivity index (χ0n) is 10.6. The van der Waals surface area contributed by atoms with E-state index in [2.05, 4.69) is 5.32 Å². The molecule has 2 rings (SSSR count). The number of aliphatic hydroxyl groups is 1. The van der Waals surface area contributed by atoms with Crippen molar-refractivity contribution in [3.05, 3.63) is 0 Å². The van der Waals surface area contributed by atoms with Crippen molar-refractivity contribution in [2.45, 2.75) is 56.4 Å². The molecule has 6 heteroatoms. The van der Waals surface area contributed by atoms with Crippen LogP contribution in [-0.2, 0) is 0 Å². The summed E-state index contributed by atoms with van der Waals surface area (Å²) in [5, 5.41) is 12.7. The number of hydrogen-bond acceptors (Lipinski definition) is 3. The van der Waals surface area contributed by atoms with Gasteiger partial charge in [-0.3, -0.25) is 4.90 Å². The highest BCUT2D eigenvalue weighted by molar-refractivity contribution is 4.97. The van der Waals surface area contributed by atoms with E-state index < -0.39 is 18.3 Å². The number of nitrogens with one attached hydrogen (secondary N) is 1. The minimum absolute atomic E-state index is 0.0403. The molecule has 0 spiro atoms. The summed E-state index contributed by atoms with van der Waals surface area (Å²) in [4.78, 5) is 1.46. The van der Waals surface area contributed by atoms with Crippen molar-refractivity contribution in [3.63, 3.8) is 0 Å². The standard InChI is InChI=1S/C12H21F3N2O/c1-11(8-18,16-9-2-3-9)6-17(10-4-5-10)7-12(13,14)15/h9-10,16,18H,2-8H2,1H3. The van der Waals surface area contributed by atoms with E-state index in [9.17, 15) is 18.3 Å². The smallest absolute Gasteiger partial charge is 0.394 e. The Labute approximate surface area is 105 Å². The van der Waals surface area contributed by atoms with E-state index >= 15 is 0 Å². The highest BCUT2D eigenvalue weighted by Gasteiger charge is 2.42. The molecule has 0 heterocycles. The monoisotopic (exact) mass is 266 g/mol. The molecule has 0 aromatic rings. The molecule has 0 amide bonds. The summed E-state index contributed by atoms with van der Waals surface area (Å²) < 4.78 is 37.6. The first kappa shape index (κ1) is 14.1. The maximum absolute atomic E-state index is 12.5. The Hall–Kier alpha value is -0.330. The first-order valence-corrected chi connectivity index (χ1v) is 6.51. The molecule has 0 aromatic carbocycles. The summed E-state index contributed by atoms with van der Waals surface area (Å²) in [6, 6.07) is 0.410. The molecular weight excluding hydrogens is 245 g/mol. The van der Waals surface area contributed by atoms with E-state index in [1.807, 2.05) is 0 Å². The minimum Gasteiger partial charge on any atom is -0.394 e. The summed E-state index contributed by atoms with van der Waals surface area (Å²) in [6.45, 7) is 1.05. The fourth-order valence-corrected chi connectivity index (χ4v) is 2.29. The van der Waals surface area contributed by atoms with Crippen LogP contribution >= 0.6 is 0 Å². The predicted molar refractivity (Wildman–Crippen MR) is 62.3 cm³/mol. The van der Waals surface area contributed by atoms with E-state index in [1.54, 1.807) is 6.92 Å². The van der Waals surface area contributed by atoms with E-state index in [0.717, 1.165) is 25.7 Å². The summed E-state index contributed by atoms with van der Waals surface area (Å²) in [5.41, 5.74) is -0.630. The Balaban J connectivity index is 1.92. The van der Waals surface area contributed by atoms with Crippen molar-refractivity contribution in [1.29, 1.82) is 0 Å². The molecule has 0 bridgehead atoms. The van der Waals surface area contributed by atoms with Crippen LogP contribution in [0.5, 0.6) is 0 Å². The van der Waals surface area contributed by atoms with Crippen LogP contribution in [0.4, 0.5) is 13.2 Å². The first-order valence-electron chi connectivity index (χ1n) is 6.51. The number of nitrogens with zero attached hydrogens (tertiary/aromatic N) is 1. The van der Waals surface area contributed by atoms with E-state index in [1.165, 1.54) is 4.90 Å². The molecule has 2 aliphatic carbocycles. The second kappa shape index (κ2) is 4.98. The van der Waals surface area contributed by atoms with Gasteiger partial charge in [-0.15, -0.1) is 0 Å². The average Bonchev–Trinajstić information content (AvgIpc) is 3.09. The van der Waals surface area contributed by atoms with Crippen molar-refractivity contribution < 1.29 is 18.3 Å². The second-order valence-electron chi connectivity index (χ2n) is 5.89. The number of alkyl halides is 3. The second-order valence-corrected chi connectivity index (χ2v) is 5.89. The number of rotatable bonds is 7. The van der Waals surface area contributed by atoms with Gasteiger partial charge < -0.3 is 10.4 Å². The van der Waals surface area contributed by atoms with Crippen molar-refractivity contribution in [1.82, 2.24) is 10.2 Å². The molecule has 2 fully saturated rings.